The molecule has 0 bridgehead atoms. The highest BCUT2D eigenvalue weighted by molar-refractivity contribution is 5.79. The van der Waals surface area contributed by atoms with Gasteiger partial charge in [0.2, 0.25) is 0 Å². The van der Waals surface area contributed by atoms with Crippen molar-refractivity contribution in [3.05, 3.63) is 35.9 Å². The van der Waals surface area contributed by atoms with Gasteiger partial charge in [-0.1, -0.05) is 43.7 Å². The van der Waals surface area contributed by atoms with Gasteiger partial charge < -0.3 is 15.5 Å². The summed E-state index contributed by atoms with van der Waals surface area (Å²) in [5.74, 6) is 0.0409. The largest absolute Gasteiger partial charge is 0.346 e. The lowest BCUT2D eigenvalue weighted by Gasteiger charge is -2.24. The smallest absolute Gasteiger partial charge is 0.275 e. The van der Waals surface area contributed by atoms with Crippen LogP contribution in [-0.2, 0) is 9.59 Å². The lowest BCUT2D eigenvalue weighted by atomic mass is 10.0. The Morgan fingerprint density at radius 1 is 1.38 bits per heavy atom. The van der Waals surface area contributed by atoms with E-state index in [0.29, 0.717) is 19.6 Å². The van der Waals surface area contributed by atoms with Gasteiger partial charge in [-0.3, -0.25) is 9.59 Å². The van der Waals surface area contributed by atoms with Crippen LogP contribution in [-0.4, -0.2) is 38.0 Å². The highest BCUT2D eigenvalue weighted by atomic mass is 16.2. The molecule has 1 fully saturated rings. The molecule has 1 aliphatic rings. The molecule has 0 saturated carbocycles. The number of carbonyl (C=O) groups is 2. The molecule has 1 aromatic rings. The molecule has 1 unspecified atom stereocenters. The van der Waals surface area contributed by atoms with Crippen LogP contribution in [0.1, 0.15) is 31.4 Å². The number of hydrogen-bond donors (Lipinski definition) is 3. The number of piperazine rings is 1. The van der Waals surface area contributed by atoms with Crippen molar-refractivity contribution < 1.29 is 14.5 Å². The van der Waals surface area contributed by atoms with Crippen molar-refractivity contribution in [2.75, 3.05) is 26.2 Å². The molecule has 114 valence electrons. The Morgan fingerprint density at radius 2 is 2.14 bits per heavy atom. The van der Waals surface area contributed by atoms with Gasteiger partial charge in [0.25, 0.3) is 11.8 Å². The van der Waals surface area contributed by atoms with Crippen LogP contribution in [0.25, 0.3) is 0 Å². The summed E-state index contributed by atoms with van der Waals surface area (Å²) < 4.78 is 0. The Kier molecular flexibility index (Phi) is 5.75. The van der Waals surface area contributed by atoms with Crippen LogP contribution in [0, 0.1) is 0 Å². The Balaban J connectivity index is 1.90. The summed E-state index contributed by atoms with van der Waals surface area (Å²) in [6, 6.07) is 10.1. The SMILES string of the molecule is CCC[C@H](NC(=O)C[NH+]1CCNC(=O)C1)c1ccccc1. The maximum Gasteiger partial charge on any atom is 0.275 e. The van der Waals surface area contributed by atoms with Crippen LogP contribution >= 0.6 is 0 Å². The first-order valence-corrected chi connectivity index (χ1v) is 7.63. The molecule has 0 aliphatic carbocycles. The van der Waals surface area contributed by atoms with E-state index in [9.17, 15) is 9.59 Å². The van der Waals surface area contributed by atoms with Crippen molar-refractivity contribution in [2.24, 2.45) is 0 Å². The Bertz CT molecular complexity index is 476. The number of rotatable bonds is 6. The lowest BCUT2D eigenvalue weighted by Crippen LogP contribution is -3.16. The van der Waals surface area contributed by atoms with Crippen LogP contribution in [0.15, 0.2) is 30.3 Å². The molecule has 0 radical (unpaired) electrons. The van der Waals surface area contributed by atoms with E-state index in [-0.39, 0.29) is 17.9 Å². The molecule has 2 rings (SSSR count). The molecule has 1 aliphatic heterocycles. The van der Waals surface area contributed by atoms with Gasteiger partial charge >= 0.3 is 0 Å². The average molecular weight is 290 g/mol. The lowest BCUT2D eigenvalue weighted by molar-refractivity contribution is -0.885. The predicted octanol–water partition coefficient (Wildman–Crippen LogP) is -0.341. The molecule has 21 heavy (non-hydrogen) atoms. The summed E-state index contributed by atoms with van der Waals surface area (Å²) in [4.78, 5) is 24.6. The van der Waals surface area contributed by atoms with E-state index in [1.807, 2.05) is 30.3 Å². The first-order valence-electron chi connectivity index (χ1n) is 7.63. The van der Waals surface area contributed by atoms with Gasteiger partial charge in [-0.05, 0) is 12.0 Å². The van der Waals surface area contributed by atoms with Gasteiger partial charge in [-0.25, -0.2) is 0 Å². The van der Waals surface area contributed by atoms with E-state index in [1.165, 1.54) is 0 Å². The molecule has 0 aromatic heterocycles. The van der Waals surface area contributed by atoms with Crippen LogP contribution in [0.4, 0.5) is 0 Å². The molecular formula is C16H24N3O2+. The van der Waals surface area contributed by atoms with E-state index in [4.69, 9.17) is 0 Å². The van der Waals surface area contributed by atoms with Gasteiger partial charge in [-0.2, -0.15) is 0 Å². The maximum absolute atomic E-state index is 12.2. The first kappa shape index (κ1) is 15.5. The van der Waals surface area contributed by atoms with Gasteiger partial charge in [0.15, 0.2) is 13.1 Å². The summed E-state index contributed by atoms with van der Waals surface area (Å²) in [5.41, 5.74) is 1.14. The molecule has 5 nitrogen and oxygen atoms in total. The van der Waals surface area contributed by atoms with E-state index >= 15 is 0 Å². The minimum Gasteiger partial charge on any atom is -0.346 e. The second kappa shape index (κ2) is 7.78. The number of benzene rings is 1. The molecule has 2 atom stereocenters. The zero-order valence-corrected chi connectivity index (χ0v) is 12.5. The average Bonchev–Trinajstić information content (AvgIpc) is 2.47. The van der Waals surface area contributed by atoms with Gasteiger partial charge in [0.1, 0.15) is 0 Å². The van der Waals surface area contributed by atoms with Gasteiger partial charge in [0, 0.05) is 0 Å². The normalized spacial score (nSPS) is 19.7. The second-order valence-electron chi connectivity index (χ2n) is 5.52. The zero-order valence-electron chi connectivity index (χ0n) is 12.5. The molecule has 2 amide bonds. The van der Waals surface area contributed by atoms with Crippen molar-refractivity contribution in [3.63, 3.8) is 0 Å². The zero-order chi connectivity index (χ0) is 15.1. The van der Waals surface area contributed by atoms with E-state index in [0.717, 1.165) is 29.8 Å². The van der Waals surface area contributed by atoms with E-state index < -0.39 is 0 Å². The number of amides is 2. The molecule has 1 heterocycles. The van der Waals surface area contributed by atoms with Crippen molar-refractivity contribution in [1.29, 1.82) is 0 Å². The summed E-state index contributed by atoms with van der Waals surface area (Å²) in [6.45, 7) is 4.32. The third kappa shape index (κ3) is 4.86. The highest BCUT2D eigenvalue weighted by Gasteiger charge is 2.23. The summed E-state index contributed by atoms with van der Waals surface area (Å²) >= 11 is 0. The van der Waals surface area contributed by atoms with E-state index in [2.05, 4.69) is 17.6 Å². The van der Waals surface area contributed by atoms with Crippen molar-refractivity contribution in [3.8, 4) is 0 Å². The number of carbonyl (C=O) groups excluding carboxylic acids is 2. The van der Waals surface area contributed by atoms with Crippen LogP contribution in [0.2, 0.25) is 0 Å². The molecule has 5 heteroatoms. The molecule has 1 saturated heterocycles. The summed E-state index contributed by atoms with van der Waals surface area (Å²) in [7, 11) is 0. The fourth-order valence-corrected chi connectivity index (χ4v) is 2.68. The predicted molar refractivity (Wildman–Crippen MR) is 80.8 cm³/mol. The summed E-state index contributed by atoms with van der Waals surface area (Å²) in [6.07, 6.45) is 1.93. The van der Waals surface area contributed by atoms with Crippen LogP contribution in [0.5, 0.6) is 0 Å². The quantitative estimate of drug-likeness (QED) is 0.671. The highest BCUT2D eigenvalue weighted by Crippen LogP contribution is 2.17. The second-order valence-corrected chi connectivity index (χ2v) is 5.52. The molecular weight excluding hydrogens is 266 g/mol. The van der Waals surface area contributed by atoms with Gasteiger partial charge in [0.05, 0.1) is 19.1 Å². The minimum atomic E-state index is 0.0157. The number of hydrogen-bond acceptors (Lipinski definition) is 2. The topological polar surface area (TPSA) is 62.6 Å². The van der Waals surface area contributed by atoms with Crippen LogP contribution in [0.3, 0.4) is 0 Å². The fraction of sp³-hybridized carbons (Fsp3) is 0.500. The van der Waals surface area contributed by atoms with Crippen LogP contribution < -0.4 is 15.5 Å². The van der Waals surface area contributed by atoms with Crippen molar-refractivity contribution in [2.45, 2.75) is 25.8 Å². The first-order chi connectivity index (χ1) is 10.2. The van der Waals surface area contributed by atoms with E-state index in [1.54, 1.807) is 0 Å². The van der Waals surface area contributed by atoms with Crippen molar-refractivity contribution in [1.82, 2.24) is 10.6 Å². The maximum atomic E-state index is 12.2. The Hall–Kier alpha value is -1.88. The third-order valence-electron chi connectivity index (χ3n) is 3.74. The standard InChI is InChI=1S/C16H23N3O2/c1-2-6-14(13-7-4-3-5-8-13)18-16(21)12-19-10-9-17-15(20)11-19/h3-5,7-8,14H,2,6,9-12H2,1H3,(H,17,20)(H,18,21)/p+1/t14-/m0/s1. The molecule has 3 N–H and O–H groups in total. The Morgan fingerprint density at radius 3 is 2.81 bits per heavy atom. The Labute approximate surface area is 125 Å². The molecule has 0 spiro atoms. The van der Waals surface area contributed by atoms with Crippen molar-refractivity contribution >= 4 is 11.8 Å². The minimum absolute atomic E-state index is 0.0157. The monoisotopic (exact) mass is 290 g/mol. The summed E-state index contributed by atoms with van der Waals surface area (Å²) in [5, 5.41) is 5.89. The van der Waals surface area contributed by atoms with Gasteiger partial charge in [-0.15, -0.1) is 0 Å². The third-order valence-corrected chi connectivity index (χ3v) is 3.74. The fourth-order valence-electron chi connectivity index (χ4n) is 2.68. The molecule has 1 aromatic carbocycles. The number of quaternary nitrogens is 1. The number of nitrogens with one attached hydrogen (secondary N) is 3.